The molecule has 1 saturated carbocycles. The summed E-state index contributed by atoms with van der Waals surface area (Å²) in [5.41, 5.74) is 8.18. The standard InChI is InChI=1S/C31H46N4O3S/c1-2-3-9-30(26-7-5-4-6-8-26)31(36)33-27-18-20-35(21-19-27)23-25-10-14-28(15-11-25)34-39(37,38)29-16-12-24(22-32)13-17-29/h10-17,26-27,30,34H,2-9,18-23,32H2,1H3,(H,33,36). The lowest BCUT2D eigenvalue weighted by Crippen LogP contribution is -2.47. The van der Waals surface area contributed by atoms with Gasteiger partial charge >= 0.3 is 0 Å². The van der Waals surface area contributed by atoms with Crippen molar-refractivity contribution in [1.82, 2.24) is 10.2 Å². The molecule has 8 heteroatoms. The topological polar surface area (TPSA) is 105 Å². The molecule has 1 heterocycles. The minimum absolute atomic E-state index is 0.185. The van der Waals surface area contributed by atoms with Crippen LogP contribution in [0, 0.1) is 11.8 Å². The van der Waals surface area contributed by atoms with Gasteiger partial charge in [-0.15, -0.1) is 0 Å². The molecule has 1 aliphatic carbocycles. The average Bonchev–Trinajstić information content (AvgIpc) is 2.96. The molecule has 2 aromatic carbocycles. The van der Waals surface area contributed by atoms with E-state index in [0.29, 0.717) is 24.1 Å². The van der Waals surface area contributed by atoms with Gasteiger partial charge in [0.25, 0.3) is 10.0 Å². The fraction of sp³-hybridized carbons (Fsp3) is 0.581. The number of nitrogens with two attached hydrogens (primary N) is 1. The second-order valence-corrected chi connectivity index (χ2v) is 13.0. The van der Waals surface area contributed by atoms with Crippen molar-refractivity contribution in [3.8, 4) is 0 Å². The number of sulfonamides is 1. The SMILES string of the molecule is CCCCC(C(=O)NC1CCN(Cc2ccc(NS(=O)(=O)c3ccc(CN)cc3)cc2)CC1)C1CCCCC1. The number of benzene rings is 2. The molecule has 0 spiro atoms. The third kappa shape index (κ3) is 8.53. The summed E-state index contributed by atoms with van der Waals surface area (Å²) < 4.78 is 28.1. The Kier molecular flexibility index (Phi) is 10.8. The highest BCUT2D eigenvalue weighted by Crippen LogP contribution is 2.33. The van der Waals surface area contributed by atoms with Crippen LogP contribution in [-0.4, -0.2) is 38.4 Å². The predicted octanol–water partition coefficient (Wildman–Crippen LogP) is 5.41. The number of carbonyl (C=O) groups excluding carboxylic acids is 1. The maximum atomic E-state index is 13.3. The van der Waals surface area contributed by atoms with Gasteiger partial charge in [0, 0.05) is 43.8 Å². The Labute approximate surface area is 235 Å². The van der Waals surface area contributed by atoms with Crippen molar-refractivity contribution in [1.29, 1.82) is 0 Å². The highest BCUT2D eigenvalue weighted by atomic mass is 32.2. The van der Waals surface area contributed by atoms with Crippen LogP contribution in [0.2, 0.25) is 0 Å². The Bertz CT molecular complexity index is 1140. The van der Waals surface area contributed by atoms with Crippen LogP contribution >= 0.6 is 0 Å². The molecule has 4 rings (SSSR count). The number of anilines is 1. The second kappa shape index (κ2) is 14.3. The van der Waals surface area contributed by atoms with Crippen molar-refractivity contribution in [3.05, 3.63) is 59.7 Å². The van der Waals surface area contributed by atoms with Gasteiger partial charge in [-0.25, -0.2) is 8.42 Å². The zero-order valence-corrected chi connectivity index (χ0v) is 24.2. The molecule has 39 heavy (non-hydrogen) atoms. The highest BCUT2D eigenvalue weighted by molar-refractivity contribution is 7.92. The molecule has 0 bridgehead atoms. The molecule has 4 N–H and O–H groups in total. The van der Waals surface area contributed by atoms with Crippen LogP contribution in [0.25, 0.3) is 0 Å². The molecule has 2 aromatic rings. The minimum Gasteiger partial charge on any atom is -0.353 e. The van der Waals surface area contributed by atoms with E-state index in [2.05, 4.69) is 21.9 Å². The molecule has 1 amide bonds. The normalized spacial score (nSPS) is 18.5. The van der Waals surface area contributed by atoms with Crippen LogP contribution in [0.4, 0.5) is 5.69 Å². The van der Waals surface area contributed by atoms with Gasteiger partial charge in [-0.1, -0.05) is 63.3 Å². The zero-order valence-electron chi connectivity index (χ0n) is 23.4. The third-order valence-electron chi connectivity index (χ3n) is 8.44. The Balaban J connectivity index is 1.24. The molecule has 1 saturated heterocycles. The summed E-state index contributed by atoms with van der Waals surface area (Å²) in [6.45, 7) is 5.29. The Morgan fingerprint density at radius 2 is 1.59 bits per heavy atom. The number of unbranched alkanes of at least 4 members (excludes halogenated alkanes) is 1. The zero-order chi connectivity index (χ0) is 27.7. The summed E-state index contributed by atoms with van der Waals surface area (Å²) in [7, 11) is -3.65. The Morgan fingerprint density at radius 1 is 0.949 bits per heavy atom. The van der Waals surface area contributed by atoms with E-state index in [-0.39, 0.29) is 16.9 Å². The number of carbonyl (C=O) groups is 1. The van der Waals surface area contributed by atoms with Gasteiger partial charge in [0.05, 0.1) is 4.90 Å². The fourth-order valence-electron chi connectivity index (χ4n) is 6.04. The van der Waals surface area contributed by atoms with Crippen molar-refractivity contribution in [2.75, 3.05) is 17.8 Å². The van der Waals surface area contributed by atoms with Crippen molar-refractivity contribution in [2.24, 2.45) is 17.6 Å². The first kappa shape index (κ1) is 29.6. The molecule has 1 unspecified atom stereocenters. The summed E-state index contributed by atoms with van der Waals surface area (Å²) in [5.74, 6) is 1.04. The highest BCUT2D eigenvalue weighted by Gasteiger charge is 2.31. The van der Waals surface area contributed by atoms with Crippen LogP contribution < -0.4 is 15.8 Å². The van der Waals surface area contributed by atoms with E-state index < -0.39 is 10.0 Å². The maximum Gasteiger partial charge on any atom is 0.261 e. The van der Waals surface area contributed by atoms with E-state index in [4.69, 9.17) is 5.73 Å². The number of amides is 1. The quantitative estimate of drug-likeness (QED) is 0.325. The van der Waals surface area contributed by atoms with Gasteiger partial charge in [0.2, 0.25) is 5.91 Å². The maximum absolute atomic E-state index is 13.3. The van der Waals surface area contributed by atoms with Gasteiger partial charge < -0.3 is 11.1 Å². The largest absolute Gasteiger partial charge is 0.353 e. The van der Waals surface area contributed by atoms with Gasteiger partial charge in [0.15, 0.2) is 0 Å². The molecule has 0 aromatic heterocycles. The summed E-state index contributed by atoms with van der Waals surface area (Å²) in [6.07, 6.45) is 11.5. The lowest BCUT2D eigenvalue weighted by atomic mass is 9.77. The van der Waals surface area contributed by atoms with Crippen LogP contribution in [0.5, 0.6) is 0 Å². The number of nitrogens with zero attached hydrogens (tertiary/aromatic N) is 1. The molecular weight excluding hydrogens is 508 g/mol. The molecule has 2 aliphatic rings. The monoisotopic (exact) mass is 554 g/mol. The summed E-state index contributed by atoms with van der Waals surface area (Å²) >= 11 is 0. The van der Waals surface area contributed by atoms with E-state index in [1.165, 1.54) is 32.1 Å². The second-order valence-electron chi connectivity index (χ2n) is 11.4. The lowest BCUT2D eigenvalue weighted by Gasteiger charge is -2.35. The molecule has 1 atom stereocenters. The smallest absolute Gasteiger partial charge is 0.261 e. The van der Waals surface area contributed by atoms with Crippen LogP contribution in [0.15, 0.2) is 53.4 Å². The summed E-state index contributed by atoms with van der Waals surface area (Å²) in [5, 5.41) is 3.42. The number of piperidine rings is 1. The molecule has 1 aliphatic heterocycles. The number of hydrogen-bond acceptors (Lipinski definition) is 5. The molecule has 0 radical (unpaired) electrons. The van der Waals surface area contributed by atoms with Crippen LogP contribution in [0.1, 0.15) is 82.3 Å². The first-order valence-corrected chi connectivity index (χ1v) is 16.3. The van der Waals surface area contributed by atoms with E-state index >= 15 is 0 Å². The molecule has 7 nitrogen and oxygen atoms in total. The van der Waals surface area contributed by atoms with Crippen molar-refractivity contribution in [3.63, 3.8) is 0 Å². The number of hydrogen-bond donors (Lipinski definition) is 3. The summed E-state index contributed by atoms with van der Waals surface area (Å²) in [4.78, 5) is 15.9. The number of nitrogens with one attached hydrogen (secondary N) is 2. The number of rotatable bonds is 12. The van der Waals surface area contributed by atoms with Crippen molar-refractivity contribution < 1.29 is 13.2 Å². The van der Waals surface area contributed by atoms with E-state index in [0.717, 1.165) is 62.9 Å². The molecule has 214 valence electrons. The summed E-state index contributed by atoms with van der Waals surface area (Å²) in [6, 6.07) is 14.5. The lowest BCUT2D eigenvalue weighted by molar-refractivity contribution is -0.128. The van der Waals surface area contributed by atoms with E-state index in [1.807, 2.05) is 24.3 Å². The first-order chi connectivity index (χ1) is 18.9. The van der Waals surface area contributed by atoms with Gasteiger partial charge in [-0.2, -0.15) is 0 Å². The fourth-order valence-corrected chi connectivity index (χ4v) is 7.10. The molecular formula is C31H46N4O3S. The van der Waals surface area contributed by atoms with Gasteiger partial charge in [-0.05, 0) is 73.4 Å². The Hall–Kier alpha value is -2.42. The number of likely N-dealkylation sites (tertiary alicyclic amines) is 1. The van der Waals surface area contributed by atoms with Gasteiger partial charge in [0.1, 0.15) is 0 Å². The first-order valence-electron chi connectivity index (χ1n) is 14.8. The molecule has 2 fully saturated rings. The van der Waals surface area contributed by atoms with Crippen LogP contribution in [-0.2, 0) is 27.9 Å². The van der Waals surface area contributed by atoms with Crippen molar-refractivity contribution in [2.45, 2.75) is 95.2 Å². The minimum atomic E-state index is -3.65. The van der Waals surface area contributed by atoms with Crippen molar-refractivity contribution >= 4 is 21.6 Å². The Morgan fingerprint density at radius 3 is 2.21 bits per heavy atom. The third-order valence-corrected chi connectivity index (χ3v) is 9.84. The predicted molar refractivity (Wildman–Crippen MR) is 158 cm³/mol. The van der Waals surface area contributed by atoms with E-state index in [9.17, 15) is 13.2 Å². The van der Waals surface area contributed by atoms with E-state index in [1.54, 1.807) is 24.3 Å². The van der Waals surface area contributed by atoms with Crippen LogP contribution in [0.3, 0.4) is 0 Å². The average molecular weight is 555 g/mol. The van der Waals surface area contributed by atoms with Gasteiger partial charge in [-0.3, -0.25) is 14.4 Å².